The Balaban J connectivity index is 3.47. The number of hydrogen-bond acceptors (Lipinski definition) is 0. The average Bonchev–Trinajstić information content (AvgIpc) is 1.97. The highest BCUT2D eigenvalue weighted by atomic mass is 35.5. The number of rotatable bonds is 6. The molecular weight excluding hydrogens is 250 g/mol. The third kappa shape index (κ3) is 9.46. The van der Waals surface area contributed by atoms with Crippen molar-refractivity contribution >= 4 is 46.4 Å². The average molecular weight is 266 g/mol. The van der Waals surface area contributed by atoms with Crippen molar-refractivity contribution in [3.05, 3.63) is 0 Å². The van der Waals surface area contributed by atoms with Crippen molar-refractivity contribution in [2.75, 3.05) is 0 Å². The summed E-state index contributed by atoms with van der Waals surface area (Å²) in [7, 11) is 0. The third-order valence-corrected chi connectivity index (χ3v) is 3.22. The molecule has 80 valence electrons. The van der Waals surface area contributed by atoms with E-state index in [0.29, 0.717) is 0 Å². The zero-order valence-corrected chi connectivity index (χ0v) is 11.1. The van der Waals surface area contributed by atoms with E-state index < -0.39 is 8.67 Å². The standard InChI is InChI=1S/C9H16Cl4/c1-3-9(12,13)7-5-4-6-8(2,10)11/h3-7H2,1-2H3. The van der Waals surface area contributed by atoms with Gasteiger partial charge in [-0.1, -0.05) is 19.8 Å². The van der Waals surface area contributed by atoms with Gasteiger partial charge in [0.15, 0.2) is 0 Å². The van der Waals surface area contributed by atoms with Crippen LogP contribution in [0.2, 0.25) is 0 Å². The van der Waals surface area contributed by atoms with Crippen LogP contribution in [0.25, 0.3) is 0 Å². The summed E-state index contributed by atoms with van der Waals surface area (Å²) in [5.41, 5.74) is 0. The largest absolute Gasteiger partial charge is 0.118 e. The zero-order chi connectivity index (χ0) is 10.5. The molecule has 0 aliphatic carbocycles. The SMILES string of the molecule is CCC(Cl)(Cl)CCCCC(C)(Cl)Cl. The monoisotopic (exact) mass is 264 g/mol. The Labute approximate surface area is 101 Å². The molecular formula is C9H16Cl4. The van der Waals surface area contributed by atoms with Crippen molar-refractivity contribution < 1.29 is 0 Å². The van der Waals surface area contributed by atoms with Crippen LogP contribution in [-0.4, -0.2) is 8.67 Å². The molecule has 0 aromatic heterocycles. The second-order valence-electron chi connectivity index (χ2n) is 3.49. The molecule has 0 saturated carbocycles. The Morgan fingerprint density at radius 3 is 1.77 bits per heavy atom. The van der Waals surface area contributed by atoms with E-state index in [1.807, 2.05) is 6.92 Å². The van der Waals surface area contributed by atoms with Gasteiger partial charge in [0, 0.05) is 0 Å². The van der Waals surface area contributed by atoms with E-state index in [0.717, 1.165) is 32.1 Å². The second kappa shape index (κ2) is 5.90. The van der Waals surface area contributed by atoms with Crippen molar-refractivity contribution in [3.63, 3.8) is 0 Å². The van der Waals surface area contributed by atoms with Crippen LogP contribution >= 0.6 is 46.4 Å². The first kappa shape index (κ1) is 14.2. The van der Waals surface area contributed by atoms with Gasteiger partial charge in [0.2, 0.25) is 0 Å². The third-order valence-electron chi connectivity index (χ3n) is 1.93. The molecule has 0 amide bonds. The van der Waals surface area contributed by atoms with E-state index in [9.17, 15) is 0 Å². The summed E-state index contributed by atoms with van der Waals surface area (Å²) < 4.78 is -1.19. The van der Waals surface area contributed by atoms with Crippen molar-refractivity contribution in [3.8, 4) is 0 Å². The molecule has 0 heterocycles. The molecule has 0 atom stereocenters. The van der Waals surface area contributed by atoms with Gasteiger partial charge in [-0.25, -0.2) is 0 Å². The number of alkyl halides is 4. The number of halogens is 4. The summed E-state index contributed by atoms with van der Waals surface area (Å²) in [6, 6.07) is 0. The van der Waals surface area contributed by atoms with Crippen LogP contribution in [0, 0.1) is 0 Å². The summed E-state index contributed by atoms with van der Waals surface area (Å²) in [6.45, 7) is 3.78. The Morgan fingerprint density at radius 1 is 0.923 bits per heavy atom. The molecule has 0 spiro atoms. The number of unbranched alkanes of at least 4 members (excludes halogenated alkanes) is 1. The van der Waals surface area contributed by atoms with E-state index in [1.165, 1.54) is 0 Å². The lowest BCUT2D eigenvalue weighted by molar-refractivity contribution is 0.569. The molecule has 4 heteroatoms. The fourth-order valence-corrected chi connectivity index (χ4v) is 1.53. The van der Waals surface area contributed by atoms with Gasteiger partial charge in [-0.05, 0) is 26.2 Å². The zero-order valence-electron chi connectivity index (χ0n) is 8.05. The van der Waals surface area contributed by atoms with Gasteiger partial charge in [0.05, 0.1) is 0 Å². The lowest BCUT2D eigenvalue weighted by atomic mass is 10.1. The van der Waals surface area contributed by atoms with Crippen molar-refractivity contribution in [2.45, 2.75) is 54.6 Å². The summed E-state index contributed by atoms with van der Waals surface area (Å²) in [5, 5.41) is 0. The minimum atomic E-state index is -0.618. The van der Waals surface area contributed by atoms with E-state index in [4.69, 9.17) is 46.4 Å². The maximum absolute atomic E-state index is 5.97. The first-order chi connectivity index (χ1) is 5.77. The molecule has 0 N–H and O–H groups in total. The molecule has 0 aliphatic rings. The molecule has 0 fully saturated rings. The van der Waals surface area contributed by atoms with Crippen LogP contribution in [0.3, 0.4) is 0 Å². The maximum atomic E-state index is 5.97. The van der Waals surface area contributed by atoms with Gasteiger partial charge in [0.1, 0.15) is 8.67 Å². The van der Waals surface area contributed by atoms with Gasteiger partial charge in [0.25, 0.3) is 0 Å². The first-order valence-corrected chi connectivity index (χ1v) is 6.04. The molecule has 0 aromatic rings. The molecule has 13 heavy (non-hydrogen) atoms. The summed E-state index contributed by atoms with van der Waals surface area (Å²) >= 11 is 23.6. The van der Waals surface area contributed by atoms with Gasteiger partial charge < -0.3 is 0 Å². The molecule has 0 unspecified atom stereocenters. The van der Waals surface area contributed by atoms with Crippen LogP contribution in [0.15, 0.2) is 0 Å². The quantitative estimate of drug-likeness (QED) is 0.450. The van der Waals surface area contributed by atoms with E-state index in [1.54, 1.807) is 6.92 Å². The summed E-state index contributed by atoms with van der Waals surface area (Å²) in [6.07, 6.45) is 4.29. The van der Waals surface area contributed by atoms with Crippen molar-refractivity contribution in [1.29, 1.82) is 0 Å². The summed E-state index contributed by atoms with van der Waals surface area (Å²) in [5.74, 6) is 0. The van der Waals surface area contributed by atoms with Crippen LogP contribution in [0.4, 0.5) is 0 Å². The van der Waals surface area contributed by atoms with Gasteiger partial charge in [-0.3, -0.25) is 0 Å². The molecule has 0 bridgehead atoms. The summed E-state index contributed by atoms with van der Waals surface area (Å²) in [4.78, 5) is 0. The van der Waals surface area contributed by atoms with Crippen molar-refractivity contribution in [1.82, 2.24) is 0 Å². The molecule has 0 aliphatic heterocycles. The van der Waals surface area contributed by atoms with Gasteiger partial charge >= 0.3 is 0 Å². The minimum Gasteiger partial charge on any atom is -0.102 e. The predicted octanol–water partition coefficient (Wildman–Crippen LogP) is 5.32. The highest BCUT2D eigenvalue weighted by Crippen LogP contribution is 2.33. The fraction of sp³-hybridized carbons (Fsp3) is 1.00. The molecule has 0 nitrogen and oxygen atoms in total. The normalized spacial score (nSPS) is 13.4. The highest BCUT2D eigenvalue weighted by Gasteiger charge is 2.21. The van der Waals surface area contributed by atoms with Crippen LogP contribution in [0.1, 0.15) is 46.0 Å². The predicted molar refractivity (Wildman–Crippen MR) is 63.3 cm³/mol. The second-order valence-corrected chi connectivity index (χ2v) is 6.99. The van der Waals surface area contributed by atoms with E-state index >= 15 is 0 Å². The molecule has 0 saturated heterocycles. The van der Waals surface area contributed by atoms with Crippen LogP contribution in [0.5, 0.6) is 0 Å². The Hall–Kier alpha value is 1.16. The van der Waals surface area contributed by atoms with E-state index in [-0.39, 0.29) is 0 Å². The minimum absolute atomic E-state index is 0.574. The molecule has 0 aromatic carbocycles. The fourth-order valence-electron chi connectivity index (χ4n) is 0.996. The van der Waals surface area contributed by atoms with Gasteiger partial charge in [-0.2, -0.15) is 0 Å². The van der Waals surface area contributed by atoms with Crippen molar-refractivity contribution in [2.24, 2.45) is 0 Å². The Morgan fingerprint density at radius 2 is 1.38 bits per heavy atom. The Bertz CT molecular complexity index is 137. The van der Waals surface area contributed by atoms with E-state index in [2.05, 4.69) is 0 Å². The lowest BCUT2D eigenvalue weighted by Gasteiger charge is -2.18. The molecule has 0 rings (SSSR count). The Kier molecular flexibility index (Phi) is 6.43. The lowest BCUT2D eigenvalue weighted by Crippen LogP contribution is -2.11. The van der Waals surface area contributed by atoms with Crippen LogP contribution in [-0.2, 0) is 0 Å². The van der Waals surface area contributed by atoms with Gasteiger partial charge in [-0.15, -0.1) is 46.4 Å². The maximum Gasteiger partial charge on any atom is 0.118 e. The smallest absolute Gasteiger partial charge is 0.102 e. The van der Waals surface area contributed by atoms with Crippen LogP contribution < -0.4 is 0 Å². The number of hydrogen-bond donors (Lipinski definition) is 0. The topological polar surface area (TPSA) is 0 Å². The first-order valence-electron chi connectivity index (χ1n) is 4.52. The highest BCUT2D eigenvalue weighted by molar-refractivity contribution is 6.48. The molecule has 0 radical (unpaired) electrons.